The first-order valence-electron chi connectivity index (χ1n) is 7.34. The first-order valence-corrected chi connectivity index (χ1v) is 7.34. The lowest BCUT2D eigenvalue weighted by molar-refractivity contribution is 0.0770. The van der Waals surface area contributed by atoms with Crippen LogP contribution >= 0.6 is 0 Å². The van der Waals surface area contributed by atoms with Crippen molar-refractivity contribution in [1.29, 1.82) is 0 Å². The van der Waals surface area contributed by atoms with Crippen LogP contribution in [0.1, 0.15) is 32.3 Å². The van der Waals surface area contributed by atoms with Crippen molar-refractivity contribution in [3.05, 3.63) is 29.8 Å². The van der Waals surface area contributed by atoms with Crippen molar-refractivity contribution < 1.29 is 5.11 Å². The maximum Gasteiger partial charge on any atom is 0.115 e. The number of piperazine rings is 1. The molecule has 3 heteroatoms. The van der Waals surface area contributed by atoms with Gasteiger partial charge in [-0.2, -0.15) is 0 Å². The summed E-state index contributed by atoms with van der Waals surface area (Å²) in [5.41, 5.74) is 1.48. The van der Waals surface area contributed by atoms with E-state index >= 15 is 0 Å². The summed E-state index contributed by atoms with van der Waals surface area (Å²) in [7, 11) is 0. The average Bonchev–Trinajstić information content (AvgIpc) is 3.19. The van der Waals surface area contributed by atoms with E-state index in [1.807, 2.05) is 12.1 Å². The summed E-state index contributed by atoms with van der Waals surface area (Å²) in [6.45, 7) is 7.74. The number of aromatic hydroxyl groups is 1. The van der Waals surface area contributed by atoms with Gasteiger partial charge in [-0.25, -0.2) is 0 Å². The van der Waals surface area contributed by atoms with E-state index in [9.17, 15) is 5.11 Å². The van der Waals surface area contributed by atoms with Crippen LogP contribution in [0.2, 0.25) is 0 Å². The predicted molar refractivity (Wildman–Crippen MR) is 77.1 cm³/mol. The first-order chi connectivity index (χ1) is 9.07. The molecule has 1 aliphatic carbocycles. The molecule has 1 saturated carbocycles. The quantitative estimate of drug-likeness (QED) is 0.875. The van der Waals surface area contributed by atoms with Gasteiger partial charge in [0.1, 0.15) is 5.75 Å². The standard InChI is InChI=1S/C16H24N2O/c1-12-9-17-16(2,14-6-7-14)11-18(12)10-13-4-3-5-15(19)8-13/h3-5,8,12,14,17,19H,6-7,9-11H2,1-2H3. The zero-order chi connectivity index (χ0) is 13.5. The molecular weight excluding hydrogens is 236 g/mol. The molecule has 2 N–H and O–H groups in total. The lowest BCUT2D eigenvalue weighted by Crippen LogP contribution is -2.62. The maximum atomic E-state index is 9.58. The number of hydrogen-bond donors (Lipinski definition) is 2. The molecule has 0 bridgehead atoms. The van der Waals surface area contributed by atoms with Crippen LogP contribution in [0.3, 0.4) is 0 Å². The Bertz CT molecular complexity index is 458. The second kappa shape index (κ2) is 4.80. The zero-order valence-electron chi connectivity index (χ0n) is 11.9. The predicted octanol–water partition coefficient (Wildman–Crippen LogP) is 2.35. The van der Waals surface area contributed by atoms with Crippen LogP contribution in [0.25, 0.3) is 0 Å². The summed E-state index contributed by atoms with van der Waals surface area (Å²) < 4.78 is 0. The molecule has 1 saturated heterocycles. The third kappa shape index (κ3) is 2.77. The maximum absolute atomic E-state index is 9.58. The van der Waals surface area contributed by atoms with Gasteiger partial charge in [-0.1, -0.05) is 12.1 Å². The Hall–Kier alpha value is -1.06. The molecule has 1 aromatic rings. The van der Waals surface area contributed by atoms with E-state index in [0.717, 1.165) is 25.6 Å². The molecule has 1 aliphatic heterocycles. The number of phenolic OH excluding ortho intramolecular Hbond substituents is 1. The second-order valence-corrected chi connectivity index (χ2v) is 6.50. The lowest BCUT2D eigenvalue weighted by Gasteiger charge is -2.45. The molecule has 0 amide bonds. The van der Waals surface area contributed by atoms with Gasteiger partial charge >= 0.3 is 0 Å². The molecule has 3 rings (SSSR count). The fourth-order valence-corrected chi connectivity index (χ4v) is 3.24. The number of hydrogen-bond acceptors (Lipinski definition) is 3. The van der Waals surface area contributed by atoms with Crippen LogP contribution < -0.4 is 5.32 Å². The fraction of sp³-hybridized carbons (Fsp3) is 0.625. The number of phenols is 1. The molecule has 0 aromatic heterocycles. The number of benzene rings is 1. The van der Waals surface area contributed by atoms with Crippen molar-refractivity contribution in [1.82, 2.24) is 10.2 Å². The largest absolute Gasteiger partial charge is 0.508 e. The Labute approximate surface area is 115 Å². The molecule has 2 fully saturated rings. The molecule has 2 unspecified atom stereocenters. The van der Waals surface area contributed by atoms with E-state index < -0.39 is 0 Å². The van der Waals surface area contributed by atoms with E-state index in [1.165, 1.54) is 18.4 Å². The Morgan fingerprint density at radius 1 is 1.42 bits per heavy atom. The summed E-state index contributed by atoms with van der Waals surface area (Å²) >= 11 is 0. The minimum Gasteiger partial charge on any atom is -0.508 e. The molecule has 3 nitrogen and oxygen atoms in total. The smallest absolute Gasteiger partial charge is 0.115 e. The number of nitrogens with one attached hydrogen (secondary N) is 1. The SMILES string of the molecule is CC1CNC(C)(C2CC2)CN1Cc1cccc(O)c1. The Balaban J connectivity index is 1.71. The highest BCUT2D eigenvalue weighted by atomic mass is 16.3. The summed E-state index contributed by atoms with van der Waals surface area (Å²) in [4.78, 5) is 2.55. The molecule has 2 aliphatic rings. The third-order valence-electron chi connectivity index (χ3n) is 4.73. The summed E-state index contributed by atoms with van der Waals surface area (Å²) in [5, 5.41) is 13.3. The first kappa shape index (κ1) is 12.9. The lowest BCUT2D eigenvalue weighted by atomic mass is 9.91. The van der Waals surface area contributed by atoms with Crippen LogP contribution in [0.5, 0.6) is 5.75 Å². The van der Waals surface area contributed by atoms with Crippen molar-refractivity contribution in [3.63, 3.8) is 0 Å². The Morgan fingerprint density at radius 2 is 2.21 bits per heavy atom. The zero-order valence-corrected chi connectivity index (χ0v) is 11.9. The van der Waals surface area contributed by atoms with Crippen molar-refractivity contribution in [3.8, 4) is 5.75 Å². The van der Waals surface area contributed by atoms with Crippen molar-refractivity contribution >= 4 is 0 Å². The molecule has 1 heterocycles. The van der Waals surface area contributed by atoms with Crippen LogP contribution in [-0.4, -0.2) is 34.7 Å². The van der Waals surface area contributed by atoms with Crippen molar-refractivity contribution in [2.45, 2.75) is 44.8 Å². The van der Waals surface area contributed by atoms with Gasteiger partial charge < -0.3 is 10.4 Å². The van der Waals surface area contributed by atoms with Gasteiger partial charge in [0.25, 0.3) is 0 Å². The van der Waals surface area contributed by atoms with Crippen LogP contribution in [-0.2, 0) is 6.54 Å². The van der Waals surface area contributed by atoms with Crippen LogP contribution in [0.4, 0.5) is 0 Å². The van der Waals surface area contributed by atoms with Crippen molar-refractivity contribution in [2.24, 2.45) is 5.92 Å². The average molecular weight is 260 g/mol. The summed E-state index contributed by atoms with van der Waals surface area (Å²) in [6.07, 6.45) is 2.75. The molecule has 2 atom stereocenters. The van der Waals surface area contributed by atoms with E-state index in [1.54, 1.807) is 6.07 Å². The highest BCUT2D eigenvalue weighted by molar-refractivity contribution is 5.27. The third-order valence-corrected chi connectivity index (χ3v) is 4.73. The van der Waals surface area contributed by atoms with Gasteiger partial charge in [0, 0.05) is 31.2 Å². The van der Waals surface area contributed by atoms with Crippen LogP contribution in [0, 0.1) is 5.92 Å². The van der Waals surface area contributed by atoms with Gasteiger partial charge in [-0.15, -0.1) is 0 Å². The number of nitrogens with zero attached hydrogens (tertiary/aromatic N) is 1. The van der Waals surface area contributed by atoms with Gasteiger partial charge in [0.15, 0.2) is 0 Å². The summed E-state index contributed by atoms with van der Waals surface area (Å²) in [6, 6.07) is 8.19. The van der Waals surface area contributed by atoms with E-state index in [4.69, 9.17) is 0 Å². The fourth-order valence-electron chi connectivity index (χ4n) is 3.24. The van der Waals surface area contributed by atoms with E-state index in [0.29, 0.717) is 11.8 Å². The second-order valence-electron chi connectivity index (χ2n) is 6.50. The van der Waals surface area contributed by atoms with Gasteiger partial charge in [0.05, 0.1) is 0 Å². The molecule has 0 spiro atoms. The molecular formula is C16H24N2O. The molecule has 1 aromatic carbocycles. The minimum atomic E-state index is 0.281. The Kier molecular flexibility index (Phi) is 3.27. The van der Waals surface area contributed by atoms with Crippen molar-refractivity contribution in [2.75, 3.05) is 13.1 Å². The van der Waals surface area contributed by atoms with Gasteiger partial charge in [-0.3, -0.25) is 4.90 Å². The van der Waals surface area contributed by atoms with E-state index in [-0.39, 0.29) is 5.54 Å². The molecule has 0 radical (unpaired) electrons. The molecule has 104 valence electrons. The summed E-state index contributed by atoms with van der Waals surface area (Å²) in [5.74, 6) is 1.22. The monoisotopic (exact) mass is 260 g/mol. The highest BCUT2D eigenvalue weighted by Crippen LogP contribution is 2.41. The van der Waals surface area contributed by atoms with Gasteiger partial charge in [0.2, 0.25) is 0 Å². The van der Waals surface area contributed by atoms with Crippen LogP contribution in [0.15, 0.2) is 24.3 Å². The highest BCUT2D eigenvalue weighted by Gasteiger charge is 2.45. The minimum absolute atomic E-state index is 0.281. The topological polar surface area (TPSA) is 35.5 Å². The molecule has 19 heavy (non-hydrogen) atoms. The Morgan fingerprint density at radius 3 is 2.89 bits per heavy atom. The number of rotatable bonds is 3. The van der Waals surface area contributed by atoms with E-state index in [2.05, 4.69) is 30.1 Å². The van der Waals surface area contributed by atoms with Gasteiger partial charge in [-0.05, 0) is 50.3 Å². The normalized spacial score (nSPS) is 32.4.